The smallest absolute Gasteiger partial charge is 0.302 e. The maximum absolute atomic E-state index is 12.5. The highest BCUT2D eigenvalue weighted by Crippen LogP contribution is 2.34. The minimum Gasteiger partial charge on any atom is -0.302 e. The molecule has 6 heteroatoms. The number of piperidine rings is 1. The second-order valence-corrected chi connectivity index (χ2v) is 4.79. The molecule has 1 saturated heterocycles. The quantitative estimate of drug-likeness (QED) is 0.828. The zero-order chi connectivity index (χ0) is 13.1. The summed E-state index contributed by atoms with van der Waals surface area (Å²) in [7, 11) is 1.69. The second kappa shape index (κ2) is 5.23. The van der Waals surface area contributed by atoms with Crippen molar-refractivity contribution in [3.63, 3.8) is 0 Å². The summed E-state index contributed by atoms with van der Waals surface area (Å²) in [6, 6.07) is 2.14. The third kappa shape index (κ3) is 3.86. The minimum absolute atomic E-state index is 0.134. The van der Waals surface area contributed by atoms with Gasteiger partial charge in [-0.2, -0.15) is 18.4 Å². The van der Waals surface area contributed by atoms with Gasteiger partial charge in [0, 0.05) is 6.54 Å². The first-order chi connectivity index (χ1) is 7.80. The van der Waals surface area contributed by atoms with Crippen LogP contribution in [-0.2, 0) is 0 Å². The van der Waals surface area contributed by atoms with E-state index < -0.39 is 17.6 Å². The Morgan fingerprint density at radius 3 is 2.24 bits per heavy atom. The van der Waals surface area contributed by atoms with E-state index in [4.69, 9.17) is 5.26 Å². The highest BCUT2D eigenvalue weighted by atomic mass is 19.4. The number of nitrogens with one attached hydrogen (secondary N) is 1. The molecular weight excluding hydrogens is 231 g/mol. The van der Waals surface area contributed by atoms with Gasteiger partial charge in [0.05, 0.1) is 12.0 Å². The molecule has 0 saturated carbocycles. The van der Waals surface area contributed by atoms with E-state index in [1.807, 2.05) is 4.90 Å². The fourth-order valence-corrected chi connectivity index (χ4v) is 2.04. The summed E-state index contributed by atoms with van der Waals surface area (Å²) in [5.41, 5.74) is -0.689. The zero-order valence-corrected chi connectivity index (χ0v) is 10.1. The van der Waals surface area contributed by atoms with E-state index in [-0.39, 0.29) is 12.8 Å². The molecule has 1 rings (SSSR count). The normalized spacial score (nSPS) is 23.1. The van der Waals surface area contributed by atoms with Crippen molar-refractivity contribution in [1.29, 1.82) is 5.26 Å². The molecule has 0 aliphatic carbocycles. The predicted octanol–water partition coefficient (Wildman–Crippen LogP) is 1.76. The van der Waals surface area contributed by atoms with Crippen LogP contribution in [-0.4, -0.2) is 43.3 Å². The van der Waals surface area contributed by atoms with Crippen LogP contribution in [0.3, 0.4) is 0 Å². The lowest BCUT2D eigenvalue weighted by Crippen LogP contribution is -2.51. The van der Waals surface area contributed by atoms with Crippen molar-refractivity contribution in [1.82, 2.24) is 10.2 Å². The molecule has 0 aromatic heterocycles. The molecule has 0 amide bonds. The molecular formula is C11H18F3N3. The fourth-order valence-electron chi connectivity index (χ4n) is 2.04. The van der Waals surface area contributed by atoms with Gasteiger partial charge >= 0.3 is 6.18 Å². The lowest BCUT2D eigenvalue weighted by Gasteiger charge is -2.36. The van der Waals surface area contributed by atoms with Gasteiger partial charge in [0.1, 0.15) is 5.54 Å². The van der Waals surface area contributed by atoms with Crippen molar-refractivity contribution < 1.29 is 13.2 Å². The topological polar surface area (TPSA) is 39.1 Å². The Labute approximate surface area is 99.6 Å². The third-order valence-corrected chi connectivity index (χ3v) is 3.39. The molecule has 0 aromatic carbocycles. The van der Waals surface area contributed by atoms with Gasteiger partial charge in [-0.1, -0.05) is 0 Å². The third-order valence-electron chi connectivity index (χ3n) is 3.39. The van der Waals surface area contributed by atoms with E-state index in [1.165, 1.54) is 0 Å². The summed E-state index contributed by atoms with van der Waals surface area (Å²) < 4.78 is 37.4. The number of hydrogen-bond acceptors (Lipinski definition) is 3. The van der Waals surface area contributed by atoms with Crippen molar-refractivity contribution in [2.75, 3.05) is 26.7 Å². The number of rotatable bonds is 3. The molecule has 0 aromatic rings. The van der Waals surface area contributed by atoms with Crippen molar-refractivity contribution in [3.8, 4) is 6.07 Å². The summed E-state index contributed by atoms with van der Waals surface area (Å²) >= 11 is 0. The Kier molecular flexibility index (Phi) is 4.39. The van der Waals surface area contributed by atoms with Crippen LogP contribution >= 0.6 is 0 Å². The van der Waals surface area contributed by atoms with E-state index in [0.29, 0.717) is 19.6 Å². The van der Waals surface area contributed by atoms with Gasteiger partial charge in [0.25, 0.3) is 0 Å². The lowest BCUT2D eigenvalue weighted by atomic mass is 9.94. The van der Waals surface area contributed by atoms with E-state index in [1.54, 1.807) is 14.0 Å². The molecule has 1 aliphatic heterocycles. The maximum atomic E-state index is 12.5. The number of nitriles is 1. The Hall–Kier alpha value is -0.800. The summed E-state index contributed by atoms with van der Waals surface area (Å²) in [6.45, 7) is 3.03. The first-order valence-electron chi connectivity index (χ1n) is 5.70. The molecule has 0 spiro atoms. The molecule has 0 radical (unpaired) electrons. The highest BCUT2D eigenvalue weighted by molar-refractivity contribution is 5.05. The summed E-state index contributed by atoms with van der Waals surface area (Å²) in [5.74, 6) is -1.18. The van der Waals surface area contributed by atoms with E-state index in [0.717, 1.165) is 0 Å². The van der Waals surface area contributed by atoms with Crippen LogP contribution < -0.4 is 5.32 Å². The van der Waals surface area contributed by atoms with Crippen molar-refractivity contribution in [2.24, 2.45) is 5.92 Å². The summed E-state index contributed by atoms with van der Waals surface area (Å²) in [5, 5.41) is 11.9. The van der Waals surface area contributed by atoms with E-state index >= 15 is 0 Å². The highest BCUT2D eigenvalue weighted by Gasteiger charge is 2.41. The molecule has 17 heavy (non-hydrogen) atoms. The van der Waals surface area contributed by atoms with Crippen LogP contribution in [0.5, 0.6) is 0 Å². The van der Waals surface area contributed by atoms with Gasteiger partial charge in [0.15, 0.2) is 0 Å². The largest absolute Gasteiger partial charge is 0.391 e. The molecule has 1 fully saturated rings. The molecule has 1 N–H and O–H groups in total. The van der Waals surface area contributed by atoms with Gasteiger partial charge in [-0.15, -0.1) is 0 Å². The van der Waals surface area contributed by atoms with Crippen LogP contribution in [0.4, 0.5) is 13.2 Å². The van der Waals surface area contributed by atoms with Crippen LogP contribution in [0.1, 0.15) is 19.8 Å². The monoisotopic (exact) mass is 249 g/mol. The number of hydrogen-bond donors (Lipinski definition) is 1. The summed E-state index contributed by atoms with van der Waals surface area (Å²) in [6.07, 6.45) is -3.81. The van der Waals surface area contributed by atoms with Crippen molar-refractivity contribution in [3.05, 3.63) is 0 Å². The minimum atomic E-state index is -4.08. The average Bonchev–Trinajstić information content (AvgIpc) is 2.28. The Balaban J connectivity index is 2.46. The predicted molar refractivity (Wildman–Crippen MR) is 58.3 cm³/mol. The van der Waals surface area contributed by atoms with Crippen molar-refractivity contribution >= 4 is 0 Å². The molecule has 1 unspecified atom stereocenters. The van der Waals surface area contributed by atoms with Gasteiger partial charge < -0.3 is 10.2 Å². The van der Waals surface area contributed by atoms with Gasteiger partial charge in [-0.05, 0) is 39.9 Å². The first-order valence-corrected chi connectivity index (χ1v) is 5.70. The van der Waals surface area contributed by atoms with Crippen molar-refractivity contribution in [2.45, 2.75) is 31.5 Å². The number of nitrogens with zero attached hydrogens (tertiary/aromatic N) is 2. The Morgan fingerprint density at radius 1 is 1.35 bits per heavy atom. The number of likely N-dealkylation sites (tertiary alicyclic amines) is 1. The maximum Gasteiger partial charge on any atom is 0.391 e. The summed E-state index contributed by atoms with van der Waals surface area (Å²) in [4.78, 5) is 1.92. The second-order valence-electron chi connectivity index (χ2n) is 4.79. The number of halogens is 3. The zero-order valence-electron chi connectivity index (χ0n) is 10.1. The molecule has 3 nitrogen and oxygen atoms in total. The first kappa shape index (κ1) is 14.3. The SMILES string of the molecule is CNC(C)(C#N)CN1CCC(C(F)(F)F)CC1. The van der Waals surface area contributed by atoms with Gasteiger partial charge in [-0.25, -0.2) is 0 Å². The molecule has 1 aliphatic rings. The van der Waals surface area contributed by atoms with Crippen LogP contribution in [0.25, 0.3) is 0 Å². The van der Waals surface area contributed by atoms with Crippen LogP contribution in [0, 0.1) is 17.2 Å². The van der Waals surface area contributed by atoms with Gasteiger partial charge in [0.2, 0.25) is 0 Å². The Morgan fingerprint density at radius 2 is 1.88 bits per heavy atom. The number of likely N-dealkylation sites (N-methyl/N-ethyl adjacent to an activating group) is 1. The standard InChI is InChI=1S/C11H18F3N3/c1-10(7-15,16-2)8-17-5-3-9(4-6-17)11(12,13)14/h9,16H,3-6,8H2,1-2H3. The Bertz CT molecular complexity index is 289. The fraction of sp³-hybridized carbons (Fsp3) is 0.909. The van der Waals surface area contributed by atoms with E-state index in [2.05, 4.69) is 11.4 Å². The molecule has 1 atom stereocenters. The molecule has 0 bridgehead atoms. The number of alkyl halides is 3. The average molecular weight is 249 g/mol. The van der Waals surface area contributed by atoms with E-state index in [9.17, 15) is 13.2 Å². The van der Waals surface area contributed by atoms with Crippen LogP contribution in [0.15, 0.2) is 0 Å². The molecule has 1 heterocycles. The molecule has 98 valence electrons. The lowest BCUT2D eigenvalue weighted by molar-refractivity contribution is -0.185. The van der Waals surface area contributed by atoms with Crippen LogP contribution in [0.2, 0.25) is 0 Å². The van der Waals surface area contributed by atoms with Gasteiger partial charge in [-0.3, -0.25) is 0 Å².